The summed E-state index contributed by atoms with van der Waals surface area (Å²) in [7, 11) is 0. The molecule has 0 N–H and O–H groups in total. The monoisotopic (exact) mass is 712 g/mol. The number of benzene rings is 10. The van der Waals surface area contributed by atoms with Crippen LogP contribution in [0.3, 0.4) is 0 Å². The van der Waals surface area contributed by atoms with Gasteiger partial charge in [0.15, 0.2) is 0 Å². The highest BCUT2D eigenvalue weighted by Crippen LogP contribution is 2.56. The lowest BCUT2D eigenvalue weighted by Gasteiger charge is -2.28. The van der Waals surface area contributed by atoms with Crippen molar-refractivity contribution in [1.29, 1.82) is 0 Å². The van der Waals surface area contributed by atoms with E-state index in [4.69, 9.17) is 9.47 Å². The highest BCUT2D eigenvalue weighted by molar-refractivity contribution is 6.14. The second-order valence-electron chi connectivity index (χ2n) is 14.8. The van der Waals surface area contributed by atoms with Crippen LogP contribution >= 0.6 is 0 Å². The van der Waals surface area contributed by atoms with Gasteiger partial charge in [-0.25, -0.2) is 0 Å². The average Bonchev–Trinajstić information content (AvgIpc) is 3.27. The van der Waals surface area contributed by atoms with E-state index in [-0.39, 0.29) is 0 Å². The molecule has 12 rings (SSSR count). The summed E-state index contributed by atoms with van der Waals surface area (Å²) in [6, 6.07) is 69.7. The van der Waals surface area contributed by atoms with E-state index in [0.29, 0.717) is 0 Å². The summed E-state index contributed by atoms with van der Waals surface area (Å²) < 4.78 is 13.6. The number of hydrogen-bond donors (Lipinski definition) is 0. The van der Waals surface area contributed by atoms with Gasteiger partial charge in [-0.2, -0.15) is 0 Å². The highest BCUT2D eigenvalue weighted by Gasteiger charge is 2.29. The molecule has 10 aromatic rings. The molecule has 0 amide bonds. The Hall–Kier alpha value is -7.42. The van der Waals surface area contributed by atoms with Crippen LogP contribution < -0.4 is 9.47 Å². The molecule has 2 heterocycles. The molecule has 0 aliphatic carbocycles. The molecule has 2 heteroatoms. The van der Waals surface area contributed by atoms with Crippen LogP contribution in [-0.2, 0) is 0 Å². The van der Waals surface area contributed by atoms with Crippen molar-refractivity contribution in [1.82, 2.24) is 0 Å². The van der Waals surface area contributed by atoms with Crippen LogP contribution in [0.2, 0.25) is 0 Å². The van der Waals surface area contributed by atoms with Crippen LogP contribution in [0.5, 0.6) is 23.0 Å². The normalized spacial score (nSPS) is 12.2. The maximum atomic E-state index is 6.82. The van der Waals surface area contributed by atoms with Gasteiger partial charge in [0.25, 0.3) is 0 Å². The molecule has 0 bridgehead atoms. The van der Waals surface area contributed by atoms with Gasteiger partial charge in [-0.05, 0) is 138 Å². The molecule has 0 saturated heterocycles. The van der Waals surface area contributed by atoms with E-state index in [0.717, 1.165) is 67.2 Å². The summed E-state index contributed by atoms with van der Waals surface area (Å²) in [4.78, 5) is 0. The topological polar surface area (TPSA) is 18.5 Å². The number of rotatable bonds is 4. The minimum Gasteiger partial charge on any atom is -0.456 e. The van der Waals surface area contributed by atoms with Crippen molar-refractivity contribution in [2.24, 2.45) is 0 Å². The van der Waals surface area contributed by atoms with Crippen molar-refractivity contribution >= 4 is 32.3 Å². The molecule has 2 aliphatic rings. The Morgan fingerprint density at radius 1 is 0.214 bits per heavy atom. The summed E-state index contributed by atoms with van der Waals surface area (Å²) in [5.41, 5.74) is 13.9. The highest BCUT2D eigenvalue weighted by atomic mass is 16.5. The summed E-state index contributed by atoms with van der Waals surface area (Å²) in [6.45, 7) is 0. The molecule has 10 aromatic carbocycles. The molecular formula is C54H32O2. The standard InChI is InChI=1S/C54H32O2/c1-3-11-33(12-4-1)45-27-35-15-7-9-17-37(35)29-47(45)39-19-21-41-43-23-24-44-42-22-20-40(32-52(42)56-50-26-25-49(53(43)54(44)50)55-51(41)31-39)48-30-38-18-10-8-16-36(38)28-46(48)34-13-5-2-6-14-34/h1-32H. The van der Waals surface area contributed by atoms with Crippen LogP contribution in [0, 0.1) is 0 Å². The fourth-order valence-electron chi connectivity index (χ4n) is 8.95. The van der Waals surface area contributed by atoms with Crippen LogP contribution in [0.1, 0.15) is 0 Å². The zero-order chi connectivity index (χ0) is 36.7. The van der Waals surface area contributed by atoms with E-state index in [1.165, 1.54) is 54.9 Å². The van der Waals surface area contributed by atoms with Gasteiger partial charge in [-0.3, -0.25) is 0 Å². The summed E-state index contributed by atoms with van der Waals surface area (Å²) in [6.07, 6.45) is 0. The Morgan fingerprint density at radius 2 is 0.554 bits per heavy atom. The Labute approximate surface area is 324 Å². The van der Waals surface area contributed by atoms with Gasteiger partial charge in [-0.15, -0.1) is 0 Å². The Morgan fingerprint density at radius 3 is 0.946 bits per heavy atom. The van der Waals surface area contributed by atoms with Crippen LogP contribution in [0.25, 0.3) is 99.1 Å². The predicted octanol–water partition coefficient (Wildman–Crippen LogP) is 15.4. The molecule has 260 valence electrons. The largest absolute Gasteiger partial charge is 0.456 e. The van der Waals surface area contributed by atoms with Gasteiger partial charge >= 0.3 is 0 Å². The van der Waals surface area contributed by atoms with Gasteiger partial charge in [0, 0.05) is 21.9 Å². The van der Waals surface area contributed by atoms with E-state index in [9.17, 15) is 0 Å². The molecule has 2 aliphatic heterocycles. The zero-order valence-electron chi connectivity index (χ0n) is 30.3. The summed E-state index contributed by atoms with van der Waals surface area (Å²) in [5.74, 6) is 3.41. The Balaban J connectivity index is 0.972. The molecule has 0 fully saturated rings. The van der Waals surface area contributed by atoms with E-state index < -0.39 is 0 Å². The molecule has 0 radical (unpaired) electrons. The fraction of sp³-hybridized carbons (Fsp3) is 0. The third-order valence-electron chi connectivity index (χ3n) is 11.6. The smallest absolute Gasteiger partial charge is 0.136 e. The van der Waals surface area contributed by atoms with Gasteiger partial charge in [-0.1, -0.05) is 133 Å². The lowest BCUT2D eigenvalue weighted by molar-refractivity contribution is 0.475. The van der Waals surface area contributed by atoms with Crippen molar-refractivity contribution in [3.63, 3.8) is 0 Å². The maximum absolute atomic E-state index is 6.82. The second kappa shape index (κ2) is 12.0. The van der Waals surface area contributed by atoms with Gasteiger partial charge in [0.1, 0.15) is 23.0 Å². The number of ether oxygens (including phenoxy) is 2. The average molecular weight is 713 g/mol. The first-order chi connectivity index (χ1) is 27.7. The van der Waals surface area contributed by atoms with E-state index in [1.807, 2.05) is 0 Å². The first kappa shape index (κ1) is 31.0. The van der Waals surface area contributed by atoms with E-state index in [2.05, 4.69) is 194 Å². The quantitative estimate of drug-likeness (QED) is 0.181. The number of fused-ring (bicyclic) bond motifs is 6. The third kappa shape index (κ3) is 4.76. The third-order valence-corrected chi connectivity index (χ3v) is 11.6. The first-order valence-corrected chi connectivity index (χ1v) is 19.1. The van der Waals surface area contributed by atoms with E-state index in [1.54, 1.807) is 0 Å². The lowest BCUT2D eigenvalue weighted by atomic mass is 9.86. The molecule has 56 heavy (non-hydrogen) atoms. The predicted molar refractivity (Wildman–Crippen MR) is 232 cm³/mol. The van der Waals surface area contributed by atoms with Crippen molar-refractivity contribution < 1.29 is 9.47 Å². The first-order valence-electron chi connectivity index (χ1n) is 19.1. The van der Waals surface area contributed by atoms with E-state index >= 15 is 0 Å². The van der Waals surface area contributed by atoms with Crippen LogP contribution in [0.15, 0.2) is 194 Å². The molecule has 0 aromatic heterocycles. The molecule has 0 saturated carbocycles. The molecule has 0 atom stereocenters. The Bertz CT molecular complexity index is 3020. The second-order valence-corrected chi connectivity index (χ2v) is 14.8. The lowest BCUT2D eigenvalue weighted by Crippen LogP contribution is -2.03. The van der Waals surface area contributed by atoms with Gasteiger partial charge < -0.3 is 9.47 Å². The summed E-state index contributed by atoms with van der Waals surface area (Å²) >= 11 is 0. The molecular weight excluding hydrogens is 681 g/mol. The zero-order valence-corrected chi connectivity index (χ0v) is 30.3. The van der Waals surface area contributed by atoms with Crippen LogP contribution in [-0.4, -0.2) is 0 Å². The minimum atomic E-state index is 0.847. The van der Waals surface area contributed by atoms with Gasteiger partial charge in [0.05, 0.1) is 0 Å². The Kier molecular flexibility index (Phi) is 6.66. The summed E-state index contributed by atoms with van der Waals surface area (Å²) in [5, 5.41) is 7.06. The molecule has 0 spiro atoms. The van der Waals surface area contributed by atoms with Crippen LogP contribution in [0.4, 0.5) is 0 Å². The fourth-order valence-corrected chi connectivity index (χ4v) is 8.95. The van der Waals surface area contributed by atoms with Crippen molar-refractivity contribution in [3.8, 4) is 89.8 Å². The van der Waals surface area contributed by atoms with Crippen molar-refractivity contribution in [3.05, 3.63) is 194 Å². The van der Waals surface area contributed by atoms with Crippen molar-refractivity contribution in [2.75, 3.05) is 0 Å². The molecule has 0 unspecified atom stereocenters. The SMILES string of the molecule is c1ccc(-c2cc3ccccc3cc2-c2ccc3c(c2)Oc2ccc4c5c(ccc-3c25)-c2ccc(-c3cc5ccccc5cc3-c3ccccc3)cc2O4)cc1. The number of hydrogen-bond acceptors (Lipinski definition) is 2. The van der Waals surface area contributed by atoms with Crippen molar-refractivity contribution in [2.45, 2.75) is 0 Å². The maximum Gasteiger partial charge on any atom is 0.136 e. The minimum absolute atomic E-state index is 0.847. The molecule has 2 nitrogen and oxygen atoms in total. The van der Waals surface area contributed by atoms with Gasteiger partial charge in [0.2, 0.25) is 0 Å².